The molecule has 110 valence electrons. The van der Waals surface area contributed by atoms with Gasteiger partial charge in [-0.3, -0.25) is 4.79 Å². The summed E-state index contributed by atoms with van der Waals surface area (Å²) in [5.41, 5.74) is 0.416. The molecule has 1 atom stereocenters. The van der Waals surface area contributed by atoms with E-state index in [9.17, 15) is 9.18 Å². The van der Waals surface area contributed by atoms with Crippen LogP contribution in [0.1, 0.15) is 13.3 Å². The van der Waals surface area contributed by atoms with E-state index >= 15 is 0 Å². The van der Waals surface area contributed by atoms with Gasteiger partial charge in [-0.1, -0.05) is 0 Å². The Labute approximate surface area is 117 Å². The van der Waals surface area contributed by atoms with Gasteiger partial charge in [0.25, 0.3) is 0 Å². The molecular weight excluding hydrogens is 263 g/mol. The maximum absolute atomic E-state index is 13.6. The van der Waals surface area contributed by atoms with Gasteiger partial charge in [-0.15, -0.1) is 0 Å². The number of rotatable bonds is 5. The number of hydrogen-bond donors (Lipinski definition) is 2. The van der Waals surface area contributed by atoms with Crippen LogP contribution in [0, 0.1) is 5.82 Å². The lowest BCUT2D eigenvalue weighted by molar-refractivity contribution is -0.119. The van der Waals surface area contributed by atoms with Gasteiger partial charge in [0, 0.05) is 24.8 Å². The third kappa shape index (κ3) is 4.18. The van der Waals surface area contributed by atoms with Crippen molar-refractivity contribution >= 4 is 11.6 Å². The summed E-state index contributed by atoms with van der Waals surface area (Å²) in [6.07, 6.45) is 0.123. The first kappa shape index (κ1) is 14.7. The van der Waals surface area contributed by atoms with E-state index in [0.29, 0.717) is 25.4 Å². The van der Waals surface area contributed by atoms with Crippen LogP contribution in [0.15, 0.2) is 18.2 Å². The monoisotopic (exact) mass is 282 g/mol. The summed E-state index contributed by atoms with van der Waals surface area (Å²) in [4.78, 5) is 11.8. The lowest BCUT2D eigenvalue weighted by atomic mass is 10.2. The molecule has 2 N–H and O–H groups in total. The maximum Gasteiger partial charge on any atom is 0.227 e. The van der Waals surface area contributed by atoms with Gasteiger partial charge in [0.15, 0.2) is 11.6 Å². The average Bonchev–Trinajstić information content (AvgIpc) is 2.43. The van der Waals surface area contributed by atoms with Gasteiger partial charge in [-0.2, -0.15) is 0 Å². The number of hydrogen-bond acceptors (Lipinski definition) is 4. The third-order valence-corrected chi connectivity index (χ3v) is 2.93. The highest BCUT2D eigenvalue weighted by atomic mass is 19.1. The molecule has 0 saturated carbocycles. The Hall–Kier alpha value is -1.66. The molecule has 1 amide bonds. The second-order valence-electron chi connectivity index (χ2n) is 4.53. The molecule has 0 spiro atoms. The highest BCUT2D eigenvalue weighted by Gasteiger charge is 2.17. The van der Waals surface area contributed by atoms with Gasteiger partial charge in [0.2, 0.25) is 5.91 Å². The molecule has 0 bridgehead atoms. The number of ether oxygens (including phenoxy) is 2. The number of anilines is 1. The molecule has 1 heterocycles. The number of carbonyl (C=O) groups is 1. The summed E-state index contributed by atoms with van der Waals surface area (Å²) in [7, 11) is 0. The standard InChI is InChI=1S/C14H19FN2O3/c1-2-19-13-4-3-10(7-12(13)15)17-14(18)8-11-9-16-5-6-20-11/h3-4,7,11,16H,2,5-6,8-9H2,1H3,(H,17,18). The number of amides is 1. The number of nitrogens with one attached hydrogen (secondary N) is 2. The molecule has 0 aliphatic carbocycles. The van der Waals surface area contributed by atoms with Crippen molar-refractivity contribution in [1.82, 2.24) is 5.32 Å². The summed E-state index contributed by atoms with van der Waals surface area (Å²) in [6, 6.07) is 4.38. The van der Waals surface area contributed by atoms with Gasteiger partial charge < -0.3 is 20.1 Å². The van der Waals surface area contributed by atoms with Crippen LogP contribution in [0.5, 0.6) is 5.75 Å². The number of halogens is 1. The fourth-order valence-corrected chi connectivity index (χ4v) is 2.02. The lowest BCUT2D eigenvalue weighted by Gasteiger charge is -2.23. The topological polar surface area (TPSA) is 59.6 Å². The van der Waals surface area contributed by atoms with Crippen molar-refractivity contribution in [3.8, 4) is 5.75 Å². The van der Waals surface area contributed by atoms with Gasteiger partial charge >= 0.3 is 0 Å². The van der Waals surface area contributed by atoms with E-state index in [1.807, 2.05) is 0 Å². The van der Waals surface area contributed by atoms with Crippen molar-refractivity contribution in [2.24, 2.45) is 0 Å². The second-order valence-corrected chi connectivity index (χ2v) is 4.53. The molecule has 1 aliphatic heterocycles. The van der Waals surface area contributed by atoms with Crippen molar-refractivity contribution < 1.29 is 18.7 Å². The molecular formula is C14H19FN2O3. The molecule has 2 rings (SSSR count). The number of benzene rings is 1. The van der Waals surface area contributed by atoms with Gasteiger partial charge in [-0.25, -0.2) is 4.39 Å². The average molecular weight is 282 g/mol. The molecule has 6 heteroatoms. The first-order chi connectivity index (χ1) is 9.69. The van der Waals surface area contributed by atoms with E-state index in [1.54, 1.807) is 13.0 Å². The van der Waals surface area contributed by atoms with Gasteiger partial charge in [0.1, 0.15) is 0 Å². The first-order valence-electron chi connectivity index (χ1n) is 6.73. The Morgan fingerprint density at radius 1 is 1.60 bits per heavy atom. The summed E-state index contributed by atoms with van der Waals surface area (Å²) in [5, 5.41) is 5.81. The molecule has 0 aromatic heterocycles. The Bertz CT molecular complexity index is 462. The van der Waals surface area contributed by atoms with E-state index < -0.39 is 5.82 Å². The summed E-state index contributed by atoms with van der Waals surface area (Å²) >= 11 is 0. The van der Waals surface area contributed by atoms with Crippen LogP contribution in [-0.4, -0.2) is 38.3 Å². The molecule has 1 unspecified atom stereocenters. The smallest absolute Gasteiger partial charge is 0.227 e. The predicted octanol–water partition coefficient (Wildman–Crippen LogP) is 1.54. The van der Waals surface area contributed by atoms with Crippen LogP contribution >= 0.6 is 0 Å². The van der Waals surface area contributed by atoms with Gasteiger partial charge in [-0.05, 0) is 19.1 Å². The van der Waals surface area contributed by atoms with E-state index in [2.05, 4.69) is 10.6 Å². The van der Waals surface area contributed by atoms with E-state index in [0.717, 1.165) is 6.54 Å². The van der Waals surface area contributed by atoms with Crippen molar-refractivity contribution in [2.45, 2.75) is 19.4 Å². The summed E-state index contributed by atoms with van der Waals surface area (Å²) in [6.45, 7) is 4.25. The minimum atomic E-state index is -0.486. The van der Waals surface area contributed by atoms with E-state index in [1.165, 1.54) is 12.1 Å². The van der Waals surface area contributed by atoms with Crippen LogP contribution in [0.3, 0.4) is 0 Å². The second kappa shape index (κ2) is 7.21. The van der Waals surface area contributed by atoms with Crippen LogP contribution in [0.25, 0.3) is 0 Å². The quantitative estimate of drug-likeness (QED) is 0.860. The molecule has 0 radical (unpaired) electrons. The summed E-state index contributed by atoms with van der Waals surface area (Å²) in [5.74, 6) is -0.493. The van der Waals surface area contributed by atoms with Crippen LogP contribution in [0.2, 0.25) is 0 Å². The third-order valence-electron chi connectivity index (χ3n) is 2.93. The molecule has 1 aliphatic rings. The minimum absolute atomic E-state index is 0.128. The molecule has 1 fully saturated rings. The lowest BCUT2D eigenvalue weighted by Crippen LogP contribution is -2.40. The highest BCUT2D eigenvalue weighted by molar-refractivity contribution is 5.91. The van der Waals surface area contributed by atoms with E-state index in [4.69, 9.17) is 9.47 Å². The Kier molecular flexibility index (Phi) is 5.31. The Morgan fingerprint density at radius 2 is 2.45 bits per heavy atom. The van der Waals surface area contributed by atoms with Crippen LogP contribution < -0.4 is 15.4 Å². The number of morpholine rings is 1. The number of carbonyl (C=O) groups excluding carboxylic acids is 1. The molecule has 5 nitrogen and oxygen atoms in total. The van der Waals surface area contributed by atoms with Crippen molar-refractivity contribution in [3.05, 3.63) is 24.0 Å². The first-order valence-corrected chi connectivity index (χ1v) is 6.73. The Morgan fingerprint density at radius 3 is 3.10 bits per heavy atom. The molecule has 1 saturated heterocycles. The predicted molar refractivity (Wildman–Crippen MR) is 73.4 cm³/mol. The zero-order valence-corrected chi connectivity index (χ0v) is 11.4. The van der Waals surface area contributed by atoms with Gasteiger partial charge in [0.05, 0.1) is 25.7 Å². The fraction of sp³-hybridized carbons (Fsp3) is 0.500. The largest absolute Gasteiger partial charge is 0.491 e. The van der Waals surface area contributed by atoms with Crippen molar-refractivity contribution in [1.29, 1.82) is 0 Å². The van der Waals surface area contributed by atoms with Crippen molar-refractivity contribution in [3.63, 3.8) is 0 Å². The van der Waals surface area contributed by atoms with E-state index in [-0.39, 0.29) is 24.2 Å². The minimum Gasteiger partial charge on any atom is -0.491 e. The summed E-state index contributed by atoms with van der Waals surface area (Å²) < 4.78 is 24.2. The maximum atomic E-state index is 13.6. The van der Waals surface area contributed by atoms with Crippen LogP contribution in [0.4, 0.5) is 10.1 Å². The highest BCUT2D eigenvalue weighted by Crippen LogP contribution is 2.21. The fourth-order valence-electron chi connectivity index (χ4n) is 2.02. The Balaban J connectivity index is 1.88. The molecule has 1 aromatic carbocycles. The SMILES string of the molecule is CCOc1ccc(NC(=O)CC2CNCCO2)cc1F. The van der Waals surface area contributed by atoms with Crippen LogP contribution in [-0.2, 0) is 9.53 Å². The van der Waals surface area contributed by atoms with Crippen molar-refractivity contribution in [2.75, 3.05) is 31.6 Å². The molecule has 20 heavy (non-hydrogen) atoms. The molecule has 1 aromatic rings. The zero-order valence-electron chi connectivity index (χ0n) is 11.4. The zero-order chi connectivity index (χ0) is 14.4. The normalized spacial score (nSPS) is 18.6.